The van der Waals surface area contributed by atoms with E-state index in [0.717, 1.165) is 6.20 Å². The fourth-order valence-electron chi connectivity index (χ4n) is 1.90. The molecule has 0 unspecified atom stereocenters. The number of nitrogens with one attached hydrogen (secondary N) is 3. The van der Waals surface area contributed by atoms with Gasteiger partial charge in [-0.2, -0.15) is 0 Å². The molecule has 25 heavy (non-hydrogen) atoms. The lowest BCUT2D eigenvalue weighted by atomic mass is 10.3. The van der Waals surface area contributed by atoms with Crippen molar-refractivity contribution in [3.05, 3.63) is 46.7 Å². The van der Waals surface area contributed by atoms with Gasteiger partial charge in [-0.1, -0.05) is 23.2 Å². The Balaban J connectivity index is 2.30. The second-order valence-corrected chi connectivity index (χ2v) is 7.82. The van der Waals surface area contributed by atoms with E-state index in [1.165, 1.54) is 12.3 Å². The predicted octanol–water partition coefficient (Wildman–Crippen LogP) is 3.53. The standard InChI is InChI=1S/C15H16Cl2N4O3S/c1-9(2)19-15(22)21-25(23,24)14-8-18-6-5-13(14)20-10-3-4-11(16)12(17)7-10/h3-9H,1-2H3,(H,18,20)(H2,19,21,22). The molecule has 0 saturated carbocycles. The average Bonchev–Trinajstić information content (AvgIpc) is 2.50. The Kier molecular flexibility index (Phi) is 6.10. The summed E-state index contributed by atoms with van der Waals surface area (Å²) in [6, 6.07) is 5.22. The number of anilines is 2. The normalized spacial score (nSPS) is 11.2. The first-order valence-electron chi connectivity index (χ1n) is 7.18. The van der Waals surface area contributed by atoms with Gasteiger partial charge in [0.1, 0.15) is 4.90 Å². The van der Waals surface area contributed by atoms with Gasteiger partial charge in [0.05, 0.1) is 15.7 Å². The molecule has 0 radical (unpaired) electrons. The SMILES string of the molecule is CC(C)NC(=O)NS(=O)(=O)c1cnccc1Nc1ccc(Cl)c(Cl)c1. The van der Waals surface area contributed by atoms with Gasteiger partial charge >= 0.3 is 6.03 Å². The van der Waals surface area contributed by atoms with E-state index >= 15 is 0 Å². The fraction of sp³-hybridized carbons (Fsp3) is 0.200. The summed E-state index contributed by atoms with van der Waals surface area (Å²) in [6.07, 6.45) is 2.57. The molecule has 0 atom stereocenters. The number of urea groups is 1. The maximum atomic E-state index is 12.5. The highest BCUT2D eigenvalue weighted by Gasteiger charge is 2.22. The van der Waals surface area contributed by atoms with Crippen molar-refractivity contribution in [1.82, 2.24) is 15.0 Å². The number of carbonyl (C=O) groups excluding carboxylic acids is 1. The Hall–Kier alpha value is -2.03. The minimum Gasteiger partial charge on any atom is -0.354 e. The molecule has 134 valence electrons. The van der Waals surface area contributed by atoms with Gasteiger partial charge in [0.25, 0.3) is 10.0 Å². The number of rotatable bonds is 5. The smallest absolute Gasteiger partial charge is 0.328 e. The molecule has 0 fully saturated rings. The van der Waals surface area contributed by atoms with Crippen LogP contribution in [0, 0.1) is 0 Å². The van der Waals surface area contributed by atoms with Crippen LogP contribution in [0.15, 0.2) is 41.6 Å². The van der Waals surface area contributed by atoms with Gasteiger partial charge < -0.3 is 10.6 Å². The number of hydrogen-bond donors (Lipinski definition) is 3. The Bertz CT molecular complexity index is 888. The van der Waals surface area contributed by atoms with Crippen LogP contribution in [0.25, 0.3) is 0 Å². The van der Waals surface area contributed by atoms with E-state index in [0.29, 0.717) is 15.7 Å². The van der Waals surface area contributed by atoms with Gasteiger partial charge in [0.2, 0.25) is 0 Å². The predicted molar refractivity (Wildman–Crippen MR) is 98.0 cm³/mol. The lowest BCUT2D eigenvalue weighted by molar-refractivity contribution is 0.243. The molecule has 1 aromatic heterocycles. The molecule has 7 nitrogen and oxygen atoms in total. The third-order valence-electron chi connectivity index (χ3n) is 2.92. The van der Waals surface area contributed by atoms with Gasteiger partial charge in [-0.3, -0.25) is 4.98 Å². The van der Waals surface area contributed by atoms with E-state index < -0.39 is 16.1 Å². The molecule has 0 aliphatic carbocycles. The molecular formula is C15H16Cl2N4O3S. The number of nitrogens with zero attached hydrogens (tertiary/aromatic N) is 1. The lowest BCUT2D eigenvalue weighted by Gasteiger charge is -2.14. The highest BCUT2D eigenvalue weighted by atomic mass is 35.5. The Morgan fingerprint density at radius 2 is 1.88 bits per heavy atom. The average molecular weight is 403 g/mol. The molecule has 1 aromatic carbocycles. The summed E-state index contributed by atoms with van der Waals surface area (Å²) >= 11 is 11.8. The molecule has 2 amide bonds. The number of halogens is 2. The molecule has 2 rings (SSSR count). The van der Waals surface area contributed by atoms with E-state index in [2.05, 4.69) is 15.6 Å². The van der Waals surface area contributed by atoms with Gasteiger partial charge in [-0.05, 0) is 38.1 Å². The third kappa shape index (κ3) is 5.22. The molecule has 2 aromatic rings. The molecule has 0 bridgehead atoms. The van der Waals surface area contributed by atoms with Crippen LogP contribution in [0.3, 0.4) is 0 Å². The van der Waals surface area contributed by atoms with Crippen LogP contribution in [0.2, 0.25) is 10.0 Å². The van der Waals surface area contributed by atoms with Crippen molar-refractivity contribution >= 4 is 50.6 Å². The number of amides is 2. The minimum atomic E-state index is -4.12. The van der Waals surface area contributed by atoms with Crippen LogP contribution in [0.4, 0.5) is 16.2 Å². The van der Waals surface area contributed by atoms with Crippen LogP contribution >= 0.6 is 23.2 Å². The number of aromatic nitrogens is 1. The summed E-state index contributed by atoms with van der Waals surface area (Å²) in [5, 5.41) is 6.07. The van der Waals surface area contributed by atoms with Gasteiger partial charge in [-0.25, -0.2) is 17.9 Å². The van der Waals surface area contributed by atoms with Crippen LogP contribution in [0.5, 0.6) is 0 Å². The fourth-order valence-corrected chi connectivity index (χ4v) is 3.21. The molecule has 0 spiro atoms. The zero-order valence-corrected chi connectivity index (χ0v) is 15.7. The van der Waals surface area contributed by atoms with E-state index in [9.17, 15) is 13.2 Å². The number of benzene rings is 1. The van der Waals surface area contributed by atoms with E-state index in [1.807, 2.05) is 4.72 Å². The number of pyridine rings is 1. The lowest BCUT2D eigenvalue weighted by Crippen LogP contribution is -2.42. The van der Waals surface area contributed by atoms with Crippen molar-refractivity contribution < 1.29 is 13.2 Å². The van der Waals surface area contributed by atoms with E-state index in [-0.39, 0.29) is 16.6 Å². The summed E-state index contributed by atoms with van der Waals surface area (Å²) in [5.41, 5.74) is 0.766. The van der Waals surface area contributed by atoms with Gasteiger partial charge in [0.15, 0.2) is 0 Å². The largest absolute Gasteiger partial charge is 0.354 e. The monoisotopic (exact) mass is 402 g/mol. The highest BCUT2D eigenvalue weighted by Crippen LogP contribution is 2.29. The highest BCUT2D eigenvalue weighted by molar-refractivity contribution is 7.90. The summed E-state index contributed by atoms with van der Waals surface area (Å²) in [4.78, 5) is 15.4. The van der Waals surface area contributed by atoms with Crippen molar-refractivity contribution in [2.24, 2.45) is 0 Å². The second-order valence-electron chi connectivity index (χ2n) is 5.36. The molecule has 0 aliphatic heterocycles. The Morgan fingerprint density at radius 3 is 2.52 bits per heavy atom. The maximum Gasteiger partial charge on any atom is 0.328 e. The maximum absolute atomic E-state index is 12.5. The first-order valence-corrected chi connectivity index (χ1v) is 9.42. The van der Waals surface area contributed by atoms with Crippen molar-refractivity contribution in [2.75, 3.05) is 5.32 Å². The zero-order chi connectivity index (χ0) is 18.6. The second kappa shape index (κ2) is 7.90. The van der Waals surface area contributed by atoms with Crippen molar-refractivity contribution in [1.29, 1.82) is 0 Å². The summed E-state index contributed by atoms with van der Waals surface area (Å²) in [5.74, 6) is 0. The molecule has 0 saturated heterocycles. The van der Waals surface area contributed by atoms with Crippen molar-refractivity contribution in [3.63, 3.8) is 0 Å². The van der Waals surface area contributed by atoms with E-state index in [1.54, 1.807) is 32.0 Å². The Labute approximate surface area is 155 Å². The minimum absolute atomic E-state index is 0.181. The first kappa shape index (κ1) is 19.3. The quantitative estimate of drug-likeness (QED) is 0.709. The van der Waals surface area contributed by atoms with Crippen LogP contribution in [-0.2, 0) is 10.0 Å². The zero-order valence-electron chi connectivity index (χ0n) is 13.4. The molecule has 0 aliphatic rings. The first-order chi connectivity index (χ1) is 11.7. The number of sulfonamides is 1. The van der Waals surface area contributed by atoms with Crippen LogP contribution < -0.4 is 15.4 Å². The van der Waals surface area contributed by atoms with E-state index in [4.69, 9.17) is 23.2 Å². The van der Waals surface area contributed by atoms with Crippen LogP contribution in [-0.4, -0.2) is 25.5 Å². The molecular weight excluding hydrogens is 387 g/mol. The molecule has 1 heterocycles. The molecule has 3 N–H and O–H groups in total. The Morgan fingerprint density at radius 1 is 1.16 bits per heavy atom. The summed E-state index contributed by atoms with van der Waals surface area (Å²) in [7, 11) is -4.12. The van der Waals surface area contributed by atoms with Gasteiger partial charge in [0, 0.05) is 24.1 Å². The third-order valence-corrected chi connectivity index (χ3v) is 5.02. The van der Waals surface area contributed by atoms with Gasteiger partial charge in [-0.15, -0.1) is 0 Å². The summed E-state index contributed by atoms with van der Waals surface area (Å²) < 4.78 is 26.9. The molecule has 10 heteroatoms. The topological polar surface area (TPSA) is 100 Å². The van der Waals surface area contributed by atoms with Crippen LogP contribution in [0.1, 0.15) is 13.8 Å². The number of carbonyl (C=O) groups is 1. The van der Waals surface area contributed by atoms with Crippen molar-refractivity contribution in [3.8, 4) is 0 Å². The van der Waals surface area contributed by atoms with Crippen molar-refractivity contribution in [2.45, 2.75) is 24.8 Å². The number of hydrogen-bond acceptors (Lipinski definition) is 5. The summed E-state index contributed by atoms with van der Waals surface area (Å²) in [6.45, 7) is 3.43.